The largest absolute Gasteiger partial charge is 0.459 e. The Labute approximate surface area is 199 Å². The van der Waals surface area contributed by atoms with Gasteiger partial charge in [-0.3, -0.25) is 9.52 Å². The highest BCUT2D eigenvalue weighted by Gasteiger charge is 2.30. The van der Waals surface area contributed by atoms with Crippen LogP contribution < -0.4 is 9.62 Å². The van der Waals surface area contributed by atoms with Crippen LogP contribution in [0.1, 0.15) is 53.9 Å². The van der Waals surface area contributed by atoms with Crippen molar-refractivity contribution < 1.29 is 22.7 Å². The molecule has 0 unspecified atom stereocenters. The predicted molar refractivity (Wildman–Crippen MR) is 126 cm³/mol. The number of hydrogen-bond donors (Lipinski definition) is 1. The molecule has 1 fully saturated rings. The van der Waals surface area contributed by atoms with Crippen LogP contribution in [-0.4, -0.2) is 44.5 Å². The number of esters is 1. The molecule has 1 N–H and O–H groups in total. The summed E-state index contributed by atoms with van der Waals surface area (Å²) in [6.45, 7) is 6.02. The van der Waals surface area contributed by atoms with E-state index in [1.165, 1.54) is 6.07 Å². The highest BCUT2D eigenvalue weighted by Crippen LogP contribution is 2.27. The van der Waals surface area contributed by atoms with Crippen molar-refractivity contribution in [2.24, 2.45) is 5.92 Å². The fraction of sp³-hybridized carbons (Fsp3) is 0.417. The molecule has 0 atom stereocenters. The van der Waals surface area contributed by atoms with E-state index >= 15 is 0 Å². The van der Waals surface area contributed by atoms with Gasteiger partial charge in [0.05, 0.1) is 28.7 Å². The van der Waals surface area contributed by atoms with Crippen molar-refractivity contribution in [1.29, 1.82) is 5.26 Å². The SMILES string of the molecule is Cc1nc(N2CCC(C(=O)NS(=O)(=O)Cc3ccccc3)CC2)c(C#N)cc1C(=O)OC(C)C. The van der Waals surface area contributed by atoms with Gasteiger partial charge in [-0.05, 0) is 45.2 Å². The number of ether oxygens (including phenoxy) is 1. The van der Waals surface area contributed by atoms with Crippen LogP contribution in [0, 0.1) is 24.2 Å². The van der Waals surface area contributed by atoms with Gasteiger partial charge in [-0.1, -0.05) is 30.3 Å². The predicted octanol–water partition coefficient (Wildman–Crippen LogP) is 2.69. The van der Waals surface area contributed by atoms with E-state index in [-0.39, 0.29) is 23.0 Å². The van der Waals surface area contributed by atoms with Crippen LogP contribution in [0.4, 0.5) is 5.82 Å². The average Bonchev–Trinajstić information content (AvgIpc) is 2.78. The smallest absolute Gasteiger partial charge is 0.340 e. The van der Waals surface area contributed by atoms with E-state index in [4.69, 9.17) is 4.74 Å². The van der Waals surface area contributed by atoms with Crippen molar-refractivity contribution in [2.45, 2.75) is 45.5 Å². The summed E-state index contributed by atoms with van der Waals surface area (Å²) in [5.74, 6) is -1.34. The summed E-state index contributed by atoms with van der Waals surface area (Å²) in [5.41, 5.74) is 1.54. The minimum Gasteiger partial charge on any atom is -0.459 e. The maximum absolute atomic E-state index is 12.6. The van der Waals surface area contributed by atoms with Gasteiger partial charge in [0.25, 0.3) is 0 Å². The fourth-order valence-corrected chi connectivity index (χ4v) is 5.00. The third kappa shape index (κ3) is 6.32. The van der Waals surface area contributed by atoms with Gasteiger partial charge < -0.3 is 9.64 Å². The summed E-state index contributed by atoms with van der Waals surface area (Å²) in [7, 11) is -3.80. The molecule has 0 aliphatic carbocycles. The number of aromatic nitrogens is 1. The standard InChI is InChI=1S/C24H28N4O5S/c1-16(2)33-24(30)21-13-20(14-25)22(26-17(21)3)28-11-9-19(10-12-28)23(29)27-34(31,32)15-18-7-5-4-6-8-18/h4-8,13,16,19H,9-12,15H2,1-3H3,(H,27,29). The lowest BCUT2D eigenvalue weighted by Gasteiger charge is -2.32. The maximum atomic E-state index is 12.6. The number of nitriles is 1. The van der Waals surface area contributed by atoms with Crippen molar-refractivity contribution in [1.82, 2.24) is 9.71 Å². The van der Waals surface area contributed by atoms with Crippen molar-refractivity contribution >= 4 is 27.7 Å². The first-order valence-electron chi connectivity index (χ1n) is 11.1. The summed E-state index contributed by atoms with van der Waals surface area (Å²) in [5, 5.41) is 9.62. The lowest BCUT2D eigenvalue weighted by atomic mass is 9.96. The maximum Gasteiger partial charge on any atom is 0.340 e. The van der Waals surface area contributed by atoms with Crippen LogP contribution in [0.3, 0.4) is 0 Å². The van der Waals surface area contributed by atoms with E-state index in [0.717, 1.165) is 0 Å². The first-order valence-corrected chi connectivity index (χ1v) is 12.7. The third-order valence-corrected chi connectivity index (χ3v) is 6.72. The summed E-state index contributed by atoms with van der Waals surface area (Å²) in [6, 6.07) is 12.2. The molecule has 34 heavy (non-hydrogen) atoms. The second kappa shape index (κ2) is 10.7. The number of benzene rings is 1. The highest BCUT2D eigenvalue weighted by molar-refractivity contribution is 7.89. The molecule has 3 rings (SSSR count). The highest BCUT2D eigenvalue weighted by atomic mass is 32.2. The van der Waals surface area contributed by atoms with Gasteiger partial charge in [-0.15, -0.1) is 0 Å². The number of nitrogens with zero attached hydrogens (tertiary/aromatic N) is 3. The molecule has 2 aromatic rings. The van der Waals surface area contributed by atoms with Crippen LogP contribution in [-0.2, 0) is 25.3 Å². The summed E-state index contributed by atoms with van der Waals surface area (Å²) in [4.78, 5) is 31.3. The molecule has 1 saturated heterocycles. The van der Waals surface area contributed by atoms with Gasteiger partial charge in [-0.25, -0.2) is 18.2 Å². The molecule has 10 heteroatoms. The zero-order chi connectivity index (χ0) is 24.9. The number of hydrogen-bond acceptors (Lipinski definition) is 8. The number of carbonyl (C=O) groups is 2. The second-order valence-electron chi connectivity index (χ2n) is 8.53. The lowest BCUT2D eigenvalue weighted by Crippen LogP contribution is -2.43. The van der Waals surface area contributed by atoms with E-state index in [1.54, 1.807) is 51.1 Å². The van der Waals surface area contributed by atoms with Crippen LogP contribution in [0.25, 0.3) is 0 Å². The number of nitrogens with one attached hydrogen (secondary N) is 1. The first kappa shape index (κ1) is 25.2. The number of pyridine rings is 1. The average molecular weight is 485 g/mol. The van der Waals surface area contributed by atoms with Crippen molar-refractivity contribution in [3.8, 4) is 6.07 Å². The Morgan fingerprint density at radius 1 is 1.24 bits per heavy atom. The zero-order valence-corrected chi connectivity index (χ0v) is 20.3. The second-order valence-corrected chi connectivity index (χ2v) is 10.3. The van der Waals surface area contributed by atoms with Crippen molar-refractivity contribution in [3.63, 3.8) is 0 Å². The molecule has 1 amide bonds. The molecular weight excluding hydrogens is 456 g/mol. The molecule has 1 aliphatic rings. The number of carbonyl (C=O) groups excluding carboxylic acids is 2. The Balaban J connectivity index is 1.65. The minimum absolute atomic E-state index is 0.242. The Bertz CT molecular complexity index is 1200. The fourth-order valence-electron chi connectivity index (χ4n) is 3.82. The van der Waals surface area contributed by atoms with E-state index < -0.39 is 27.8 Å². The number of rotatable bonds is 7. The molecule has 1 aromatic heterocycles. The molecule has 9 nitrogen and oxygen atoms in total. The Morgan fingerprint density at radius 3 is 2.47 bits per heavy atom. The molecule has 1 aliphatic heterocycles. The van der Waals surface area contributed by atoms with Crippen LogP contribution in [0.2, 0.25) is 0 Å². The Kier molecular flexibility index (Phi) is 7.89. The minimum atomic E-state index is -3.80. The summed E-state index contributed by atoms with van der Waals surface area (Å²) >= 11 is 0. The molecule has 180 valence electrons. The molecule has 0 bridgehead atoms. The van der Waals surface area contributed by atoms with E-state index in [9.17, 15) is 23.3 Å². The van der Waals surface area contributed by atoms with Crippen molar-refractivity contribution in [2.75, 3.05) is 18.0 Å². The number of amides is 1. The summed E-state index contributed by atoms with van der Waals surface area (Å²) < 4.78 is 32.2. The number of sulfonamides is 1. The Hall–Kier alpha value is -3.45. The molecule has 1 aromatic carbocycles. The number of piperidine rings is 1. The van der Waals surface area contributed by atoms with Gasteiger partial charge in [0.1, 0.15) is 11.9 Å². The molecule has 0 saturated carbocycles. The van der Waals surface area contributed by atoms with E-state index in [2.05, 4.69) is 15.8 Å². The van der Waals surface area contributed by atoms with Gasteiger partial charge in [-0.2, -0.15) is 5.26 Å². The van der Waals surface area contributed by atoms with Crippen LogP contribution in [0.5, 0.6) is 0 Å². The Morgan fingerprint density at radius 2 is 1.88 bits per heavy atom. The lowest BCUT2D eigenvalue weighted by molar-refractivity contribution is -0.123. The molecular formula is C24H28N4O5S. The normalized spacial score (nSPS) is 14.5. The van der Waals surface area contributed by atoms with Gasteiger partial charge in [0.2, 0.25) is 15.9 Å². The van der Waals surface area contributed by atoms with E-state index in [1.807, 2.05) is 4.90 Å². The summed E-state index contributed by atoms with van der Waals surface area (Å²) in [6.07, 6.45) is 0.531. The van der Waals surface area contributed by atoms with Crippen molar-refractivity contribution in [3.05, 3.63) is 58.8 Å². The zero-order valence-electron chi connectivity index (χ0n) is 19.4. The van der Waals surface area contributed by atoms with E-state index in [0.29, 0.717) is 43.0 Å². The molecule has 0 spiro atoms. The monoisotopic (exact) mass is 484 g/mol. The third-order valence-electron chi connectivity index (χ3n) is 5.50. The number of anilines is 1. The van der Waals surface area contributed by atoms with Crippen LogP contribution >= 0.6 is 0 Å². The number of aryl methyl sites for hydroxylation is 1. The molecule has 0 radical (unpaired) electrons. The quantitative estimate of drug-likeness (QED) is 0.594. The first-order chi connectivity index (χ1) is 16.1. The topological polar surface area (TPSA) is 129 Å². The van der Waals surface area contributed by atoms with Gasteiger partial charge in [0, 0.05) is 19.0 Å². The molecule has 2 heterocycles. The van der Waals surface area contributed by atoms with Crippen LogP contribution in [0.15, 0.2) is 36.4 Å². The van der Waals surface area contributed by atoms with Gasteiger partial charge in [0.15, 0.2) is 0 Å². The van der Waals surface area contributed by atoms with Gasteiger partial charge >= 0.3 is 5.97 Å².